The quantitative estimate of drug-likeness (QED) is 0.896. The molecule has 0 spiro atoms. The molecular formula is C16H24Cl2N2. The molecule has 2 unspecified atom stereocenters. The first-order valence-electron chi connectivity index (χ1n) is 7.37. The molecule has 1 N–H and O–H groups in total. The molecule has 1 aliphatic rings. The zero-order chi connectivity index (χ0) is 14.7. The molecule has 0 bridgehead atoms. The molecule has 0 saturated carbocycles. The van der Waals surface area contributed by atoms with Gasteiger partial charge in [-0.2, -0.15) is 0 Å². The van der Waals surface area contributed by atoms with E-state index in [1.54, 1.807) is 0 Å². The third-order valence-electron chi connectivity index (χ3n) is 3.84. The minimum atomic E-state index is 0.543. The number of nitrogens with zero attached hydrogens (tertiary/aromatic N) is 1. The summed E-state index contributed by atoms with van der Waals surface area (Å²) in [5.74, 6) is 0.714. The van der Waals surface area contributed by atoms with Gasteiger partial charge in [-0.15, -0.1) is 0 Å². The molecule has 1 aromatic carbocycles. The van der Waals surface area contributed by atoms with Crippen molar-refractivity contribution < 1.29 is 0 Å². The fourth-order valence-corrected chi connectivity index (χ4v) is 3.20. The van der Waals surface area contributed by atoms with E-state index in [0.717, 1.165) is 19.6 Å². The second-order valence-corrected chi connectivity index (χ2v) is 7.08. The molecule has 1 heterocycles. The third-order valence-corrected chi connectivity index (χ3v) is 4.58. The summed E-state index contributed by atoms with van der Waals surface area (Å²) in [4.78, 5) is 2.57. The van der Waals surface area contributed by atoms with Crippen molar-refractivity contribution in [1.82, 2.24) is 10.2 Å². The molecule has 1 aliphatic heterocycles. The highest BCUT2D eigenvalue weighted by atomic mass is 35.5. The molecule has 0 radical (unpaired) electrons. The minimum Gasteiger partial charge on any atom is -0.311 e. The van der Waals surface area contributed by atoms with Crippen LogP contribution in [0.2, 0.25) is 10.0 Å². The van der Waals surface area contributed by atoms with Crippen LogP contribution in [0.4, 0.5) is 0 Å². The molecule has 2 nitrogen and oxygen atoms in total. The lowest BCUT2D eigenvalue weighted by Gasteiger charge is -2.40. The van der Waals surface area contributed by atoms with Crippen LogP contribution in [0.3, 0.4) is 0 Å². The maximum Gasteiger partial charge on any atom is 0.0595 e. The van der Waals surface area contributed by atoms with E-state index in [1.165, 1.54) is 12.0 Å². The Morgan fingerprint density at radius 3 is 2.70 bits per heavy atom. The number of hydrogen-bond acceptors (Lipinski definition) is 2. The standard InChI is InChI=1S/C16H24Cl2N2/c1-11(2)6-14-8-19-12(3)9-20(14)10-13-4-5-15(17)16(18)7-13/h4-5,7,11-12,14,19H,6,8-10H2,1-3H3. The summed E-state index contributed by atoms with van der Waals surface area (Å²) in [6.07, 6.45) is 1.22. The van der Waals surface area contributed by atoms with Crippen LogP contribution >= 0.6 is 23.2 Å². The van der Waals surface area contributed by atoms with Crippen LogP contribution in [0, 0.1) is 5.92 Å². The van der Waals surface area contributed by atoms with E-state index in [1.807, 2.05) is 12.1 Å². The van der Waals surface area contributed by atoms with Gasteiger partial charge < -0.3 is 5.32 Å². The van der Waals surface area contributed by atoms with Gasteiger partial charge in [-0.1, -0.05) is 43.1 Å². The van der Waals surface area contributed by atoms with E-state index < -0.39 is 0 Å². The van der Waals surface area contributed by atoms with Crippen molar-refractivity contribution in [1.29, 1.82) is 0 Å². The normalized spacial score (nSPS) is 24.3. The Labute approximate surface area is 132 Å². The summed E-state index contributed by atoms with van der Waals surface area (Å²) in [6.45, 7) is 9.91. The van der Waals surface area contributed by atoms with Crippen LogP contribution in [-0.4, -0.2) is 30.1 Å². The van der Waals surface area contributed by atoms with Gasteiger partial charge in [0.1, 0.15) is 0 Å². The molecule has 1 saturated heterocycles. The summed E-state index contributed by atoms with van der Waals surface area (Å²) in [6, 6.07) is 7.10. The summed E-state index contributed by atoms with van der Waals surface area (Å²) < 4.78 is 0. The Morgan fingerprint density at radius 1 is 1.30 bits per heavy atom. The van der Waals surface area contributed by atoms with Crippen LogP contribution in [0.15, 0.2) is 18.2 Å². The van der Waals surface area contributed by atoms with Crippen LogP contribution < -0.4 is 5.32 Å². The van der Waals surface area contributed by atoms with Gasteiger partial charge in [0.2, 0.25) is 0 Å². The lowest BCUT2D eigenvalue weighted by atomic mass is 9.98. The molecule has 112 valence electrons. The number of halogens is 2. The second kappa shape index (κ2) is 7.13. The monoisotopic (exact) mass is 314 g/mol. The van der Waals surface area contributed by atoms with Crippen molar-refractivity contribution in [3.8, 4) is 0 Å². The largest absolute Gasteiger partial charge is 0.311 e. The van der Waals surface area contributed by atoms with Crippen molar-refractivity contribution in [2.45, 2.75) is 45.8 Å². The van der Waals surface area contributed by atoms with Gasteiger partial charge in [-0.05, 0) is 37.0 Å². The molecular weight excluding hydrogens is 291 g/mol. The average molecular weight is 315 g/mol. The SMILES string of the molecule is CC(C)CC1CNC(C)CN1Cc1ccc(Cl)c(Cl)c1. The number of piperazine rings is 1. The number of nitrogens with one attached hydrogen (secondary N) is 1. The highest BCUT2D eigenvalue weighted by Crippen LogP contribution is 2.25. The van der Waals surface area contributed by atoms with Crippen LogP contribution in [0.25, 0.3) is 0 Å². The van der Waals surface area contributed by atoms with E-state index >= 15 is 0 Å². The van der Waals surface area contributed by atoms with Gasteiger partial charge in [-0.25, -0.2) is 0 Å². The van der Waals surface area contributed by atoms with Gasteiger partial charge in [0.05, 0.1) is 10.0 Å². The van der Waals surface area contributed by atoms with E-state index in [2.05, 4.69) is 37.1 Å². The van der Waals surface area contributed by atoms with Crippen molar-refractivity contribution in [3.63, 3.8) is 0 Å². The van der Waals surface area contributed by atoms with Gasteiger partial charge in [0, 0.05) is 31.7 Å². The molecule has 0 amide bonds. The molecule has 1 aromatic rings. The first-order valence-corrected chi connectivity index (χ1v) is 8.12. The molecule has 2 atom stereocenters. The van der Waals surface area contributed by atoms with E-state index in [0.29, 0.717) is 28.0 Å². The minimum absolute atomic E-state index is 0.543. The van der Waals surface area contributed by atoms with Crippen molar-refractivity contribution in [3.05, 3.63) is 33.8 Å². The Hall–Kier alpha value is -0.280. The molecule has 4 heteroatoms. The summed E-state index contributed by atoms with van der Waals surface area (Å²) in [5.41, 5.74) is 1.24. The summed E-state index contributed by atoms with van der Waals surface area (Å²) >= 11 is 12.1. The Kier molecular flexibility index (Phi) is 5.74. The maximum absolute atomic E-state index is 6.12. The van der Waals surface area contributed by atoms with E-state index in [-0.39, 0.29) is 0 Å². The van der Waals surface area contributed by atoms with Crippen LogP contribution in [-0.2, 0) is 6.54 Å². The topological polar surface area (TPSA) is 15.3 Å². The number of benzene rings is 1. The number of hydrogen-bond donors (Lipinski definition) is 1. The number of rotatable bonds is 4. The lowest BCUT2D eigenvalue weighted by molar-refractivity contribution is 0.111. The Morgan fingerprint density at radius 2 is 2.05 bits per heavy atom. The van der Waals surface area contributed by atoms with Crippen LogP contribution in [0.1, 0.15) is 32.8 Å². The predicted octanol–water partition coefficient (Wildman–Crippen LogP) is 4.20. The Bertz CT molecular complexity index is 448. The zero-order valence-electron chi connectivity index (χ0n) is 12.5. The first kappa shape index (κ1) is 16.1. The van der Waals surface area contributed by atoms with E-state index in [4.69, 9.17) is 23.2 Å². The molecule has 0 aliphatic carbocycles. The summed E-state index contributed by atoms with van der Waals surface area (Å²) in [7, 11) is 0. The molecule has 1 fully saturated rings. The van der Waals surface area contributed by atoms with Gasteiger partial charge in [-0.3, -0.25) is 4.90 Å². The van der Waals surface area contributed by atoms with E-state index in [9.17, 15) is 0 Å². The highest BCUT2D eigenvalue weighted by Gasteiger charge is 2.26. The van der Waals surface area contributed by atoms with Gasteiger partial charge in [0.25, 0.3) is 0 Å². The van der Waals surface area contributed by atoms with Crippen molar-refractivity contribution >= 4 is 23.2 Å². The van der Waals surface area contributed by atoms with Gasteiger partial charge in [0.15, 0.2) is 0 Å². The van der Waals surface area contributed by atoms with Crippen molar-refractivity contribution in [2.75, 3.05) is 13.1 Å². The highest BCUT2D eigenvalue weighted by molar-refractivity contribution is 6.42. The molecule has 20 heavy (non-hydrogen) atoms. The Balaban J connectivity index is 2.08. The third kappa shape index (κ3) is 4.36. The fraction of sp³-hybridized carbons (Fsp3) is 0.625. The molecule has 0 aromatic heterocycles. The summed E-state index contributed by atoms with van der Waals surface area (Å²) in [5, 5.41) is 4.86. The first-order chi connectivity index (χ1) is 9.45. The molecule has 2 rings (SSSR count). The smallest absolute Gasteiger partial charge is 0.0595 e. The predicted molar refractivity (Wildman–Crippen MR) is 87.6 cm³/mol. The van der Waals surface area contributed by atoms with Crippen LogP contribution in [0.5, 0.6) is 0 Å². The zero-order valence-corrected chi connectivity index (χ0v) is 14.0. The second-order valence-electron chi connectivity index (χ2n) is 6.27. The van der Waals surface area contributed by atoms with Crippen molar-refractivity contribution in [2.24, 2.45) is 5.92 Å². The maximum atomic E-state index is 6.12. The van der Waals surface area contributed by atoms with Gasteiger partial charge >= 0.3 is 0 Å². The average Bonchev–Trinajstić information content (AvgIpc) is 2.37. The lowest BCUT2D eigenvalue weighted by Crippen LogP contribution is -2.55. The fourth-order valence-electron chi connectivity index (χ4n) is 2.87.